The minimum absolute atomic E-state index is 0.0381. The maximum absolute atomic E-state index is 5.96. The second-order valence-electron chi connectivity index (χ2n) is 29.4. The summed E-state index contributed by atoms with van der Waals surface area (Å²) >= 11 is 1.87. The number of hydrogen-bond acceptors (Lipinski definition) is 2. The van der Waals surface area contributed by atoms with E-state index in [2.05, 4.69) is 338 Å². The van der Waals surface area contributed by atoms with Crippen molar-refractivity contribution in [2.45, 2.75) is 44.9 Å². The molecule has 0 saturated carbocycles. The third-order valence-corrected chi connectivity index (χ3v) is 24.0. The van der Waals surface area contributed by atoms with Gasteiger partial charge in [-0.1, -0.05) is 234 Å². The van der Waals surface area contributed by atoms with E-state index in [1.165, 1.54) is 201 Å². The lowest BCUT2D eigenvalue weighted by molar-refractivity contribution is 0.661. The minimum Gasteiger partial charge on any atom is -0.456 e. The van der Waals surface area contributed by atoms with Gasteiger partial charge in [0.25, 0.3) is 0 Å². The first-order chi connectivity index (χ1) is 51.0. The van der Waals surface area contributed by atoms with Gasteiger partial charge >= 0.3 is 0 Å². The number of nitrogens with one attached hydrogen (secondary N) is 5. The molecule has 0 aliphatic heterocycles. The first-order valence-electron chi connectivity index (χ1n) is 36.1. The van der Waals surface area contributed by atoms with Crippen LogP contribution in [0.3, 0.4) is 0 Å². The number of H-pyrrole nitrogens is 5. The van der Waals surface area contributed by atoms with E-state index < -0.39 is 0 Å². The molecule has 3 aliphatic rings. The molecule has 22 aromatic rings. The van der Waals surface area contributed by atoms with Crippen LogP contribution in [-0.2, 0) is 17.3 Å². The zero-order chi connectivity index (χ0) is 69.1. The van der Waals surface area contributed by atoms with Gasteiger partial charge in [-0.3, -0.25) is 0 Å². The van der Waals surface area contributed by atoms with Crippen molar-refractivity contribution in [3.63, 3.8) is 0 Å². The van der Waals surface area contributed by atoms with Crippen LogP contribution in [0.1, 0.15) is 61.1 Å². The second kappa shape index (κ2) is 22.9. The molecule has 7 heterocycles. The second-order valence-corrected chi connectivity index (χ2v) is 30.5. The van der Waals surface area contributed by atoms with Crippen molar-refractivity contribution in [2.75, 3.05) is 0 Å². The third kappa shape index (κ3) is 9.26. The predicted molar refractivity (Wildman–Crippen MR) is 443 cm³/mol. The smallest absolute Gasteiger partial charge is 0.136 e. The Morgan fingerprint density at radius 2 is 0.702 bits per heavy atom. The van der Waals surface area contributed by atoms with Gasteiger partial charge in [0.05, 0.1) is 0 Å². The van der Waals surface area contributed by atoms with Gasteiger partial charge in [0, 0.05) is 151 Å². The van der Waals surface area contributed by atoms with E-state index in [0.29, 0.717) is 0 Å². The van der Waals surface area contributed by atoms with E-state index >= 15 is 0 Å². The van der Waals surface area contributed by atoms with Crippen LogP contribution >= 0.6 is 11.3 Å². The quantitative estimate of drug-likeness (QED) is 0.103. The van der Waals surface area contributed by atoms with E-state index in [9.17, 15) is 0 Å². The van der Waals surface area contributed by atoms with Gasteiger partial charge in [0.2, 0.25) is 0 Å². The summed E-state index contributed by atoms with van der Waals surface area (Å²) in [7, 11) is 0. The van der Waals surface area contributed by atoms with Crippen molar-refractivity contribution in [1.82, 2.24) is 24.9 Å². The number of rotatable bonds is 0. The van der Waals surface area contributed by atoms with Crippen LogP contribution in [0.25, 0.3) is 185 Å². The molecule has 0 bridgehead atoms. The van der Waals surface area contributed by atoms with Crippen molar-refractivity contribution in [3.8, 4) is 33.4 Å². The zero-order valence-corrected chi connectivity index (χ0v) is 58.7. The predicted octanol–water partition coefficient (Wildman–Crippen LogP) is 27.1. The summed E-state index contributed by atoms with van der Waals surface area (Å²) in [6, 6.07) is 109. The number of aromatic nitrogens is 5. The van der Waals surface area contributed by atoms with Crippen LogP contribution < -0.4 is 0 Å². The molecule has 3 aliphatic carbocycles. The molecule has 15 aromatic carbocycles. The lowest BCUT2D eigenvalue weighted by atomic mass is 9.80. The molecule has 0 unspecified atom stereocenters. The molecule has 0 fully saturated rings. The Bertz CT molecular complexity index is 6940. The standard InChI is InChI=1S/2C21H17N.C19H13N.C18H11NO.C18H11NS/c1-21(2)17-9-5-3-7-13(17)15-12-20-16(11-18(15)21)14-8-4-6-10-19(14)22-20;1-21(2)16-9-5-3-7-13(16)14-11-12-18-19(20(14)21)15-8-4-6-10-17(15)22-18;1-2-6-14-12(5-1)9-13-10-17-15-7-3-4-8-18(15)20-19(17)11-16(13)14;2*1-3-7-15-11(5-1)13-10-18-14(9-16(13)19-15)12-6-2-4-8-17(12)20-18/h2*3-12,22H,1-2H3;1-8,10-11,20H,9H2;2*1-10,19H. The molecule has 7 aromatic heterocycles. The van der Waals surface area contributed by atoms with Crippen molar-refractivity contribution in [3.05, 3.63) is 337 Å². The molecule has 5 N–H and O–H groups in total. The molecule has 494 valence electrons. The Labute approximate surface area is 602 Å². The highest BCUT2D eigenvalue weighted by Crippen LogP contribution is 2.54. The Morgan fingerprint density at radius 1 is 0.250 bits per heavy atom. The highest BCUT2D eigenvalue weighted by atomic mass is 32.1. The van der Waals surface area contributed by atoms with E-state index in [1.54, 1.807) is 0 Å². The summed E-state index contributed by atoms with van der Waals surface area (Å²) in [6.45, 7) is 9.36. The van der Waals surface area contributed by atoms with Gasteiger partial charge in [0.15, 0.2) is 0 Å². The van der Waals surface area contributed by atoms with E-state index in [0.717, 1.165) is 23.1 Å². The Hall–Kier alpha value is -12.7. The van der Waals surface area contributed by atoms with Gasteiger partial charge in [0.1, 0.15) is 11.2 Å². The number of hydrogen-bond donors (Lipinski definition) is 5. The lowest BCUT2D eigenvalue weighted by Crippen LogP contribution is -2.15. The molecular formula is C97H69N5OS. The molecule has 0 saturated heterocycles. The highest BCUT2D eigenvalue weighted by Gasteiger charge is 2.38. The maximum atomic E-state index is 5.96. The molecule has 0 radical (unpaired) electrons. The largest absolute Gasteiger partial charge is 0.456 e. The molecule has 25 rings (SSSR count). The van der Waals surface area contributed by atoms with E-state index in [4.69, 9.17) is 4.42 Å². The number of aromatic amines is 5. The van der Waals surface area contributed by atoms with Crippen LogP contribution in [0.4, 0.5) is 0 Å². The molecular weight excluding hydrogens is 1280 g/mol. The fraction of sp³-hybridized carbons (Fsp3) is 0.0722. The molecule has 0 amide bonds. The van der Waals surface area contributed by atoms with Crippen molar-refractivity contribution in [2.24, 2.45) is 0 Å². The van der Waals surface area contributed by atoms with Crippen molar-refractivity contribution < 1.29 is 4.42 Å². The summed E-state index contributed by atoms with van der Waals surface area (Å²) < 4.78 is 8.69. The first-order valence-corrected chi connectivity index (χ1v) is 36.9. The van der Waals surface area contributed by atoms with Crippen molar-refractivity contribution >= 4 is 162 Å². The maximum Gasteiger partial charge on any atom is 0.136 e. The number of para-hydroxylation sites is 6. The van der Waals surface area contributed by atoms with Crippen LogP contribution in [0.5, 0.6) is 0 Å². The Morgan fingerprint density at radius 3 is 1.35 bits per heavy atom. The van der Waals surface area contributed by atoms with Gasteiger partial charge in [-0.2, -0.15) is 0 Å². The van der Waals surface area contributed by atoms with Crippen LogP contribution in [0.2, 0.25) is 0 Å². The number of fused-ring (bicyclic) bond motifs is 31. The summed E-state index contributed by atoms with van der Waals surface area (Å²) in [5.74, 6) is 0. The average molecular weight is 1350 g/mol. The van der Waals surface area contributed by atoms with Gasteiger partial charge in [-0.25, -0.2) is 0 Å². The number of thiophene rings is 1. The lowest BCUT2D eigenvalue weighted by Gasteiger charge is -2.22. The average Bonchev–Trinajstić information content (AvgIpc) is 1.57. The van der Waals surface area contributed by atoms with Gasteiger partial charge in [-0.05, 0) is 170 Å². The third-order valence-electron chi connectivity index (χ3n) is 22.8. The van der Waals surface area contributed by atoms with Gasteiger partial charge < -0.3 is 29.3 Å². The molecule has 0 atom stereocenters. The van der Waals surface area contributed by atoms with Crippen LogP contribution in [0, 0.1) is 0 Å². The number of furan rings is 1. The highest BCUT2D eigenvalue weighted by molar-refractivity contribution is 7.25. The number of benzene rings is 15. The summed E-state index contributed by atoms with van der Waals surface area (Å²) in [6.07, 6.45) is 1.06. The van der Waals surface area contributed by atoms with Crippen LogP contribution in [0.15, 0.2) is 308 Å². The Balaban J connectivity index is 0.0000000841. The molecule has 104 heavy (non-hydrogen) atoms. The minimum atomic E-state index is 0.0381. The SMILES string of the molecule is CC1(C)c2ccccc2-c2cc3[nH]c4ccccc4c3cc21.CC1(C)c2ccccc2-c2ccc3[nH]c4ccccc4c3c21.c1ccc2c(c1)Cc1cc3c(cc1-2)[nH]c1ccccc13.c1ccc2c(c1)[nH]c1cc3c(cc12)oc1ccccc13.c1ccc2c(c1)[nH]c1cc3c(cc12)sc1ccccc13. The molecule has 6 nitrogen and oxygen atoms in total. The van der Waals surface area contributed by atoms with E-state index in [-0.39, 0.29) is 10.8 Å². The topological polar surface area (TPSA) is 92.1 Å². The fourth-order valence-electron chi connectivity index (χ4n) is 17.9. The van der Waals surface area contributed by atoms with Crippen LogP contribution in [-0.4, -0.2) is 24.9 Å². The normalized spacial score (nSPS) is 13.5. The fourth-order valence-corrected chi connectivity index (χ4v) is 19.0. The molecule has 7 heteroatoms. The summed E-state index contributed by atoms with van der Waals surface area (Å²) in [5, 5.41) is 18.1. The Kier molecular flexibility index (Phi) is 13.2. The molecule has 0 spiro atoms. The van der Waals surface area contributed by atoms with Crippen molar-refractivity contribution in [1.29, 1.82) is 0 Å². The monoisotopic (exact) mass is 1350 g/mol. The first kappa shape index (κ1) is 60.1. The summed E-state index contributed by atoms with van der Waals surface area (Å²) in [4.78, 5) is 17.7. The zero-order valence-electron chi connectivity index (χ0n) is 57.9. The van der Waals surface area contributed by atoms with Gasteiger partial charge in [-0.15, -0.1) is 11.3 Å². The van der Waals surface area contributed by atoms with E-state index in [1.807, 2.05) is 29.5 Å². The summed E-state index contributed by atoms with van der Waals surface area (Å²) in [5.41, 5.74) is 31.1.